The molecule has 0 saturated carbocycles. The molecule has 0 fully saturated rings. The second-order valence-electron chi connectivity index (χ2n) is 4.29. The fourth-order valence-corrected chi connectivity index (χ4v) is 1.97. The number of nitrogens with zero attached hydrogens (tertiary/aromatic N) is 2. The van der Waals surface area contributed by atoms with E-state index >= 15 is 0 Å². The van der Waals surface area contributed by atoms with Crippen molar-refractivity contribution in [3.8, 4) is 0 Å². The molecule has 2 aromatic rings. The van der Waals surface area contributed by atoms with Gasteiger partial charge in [-0.3, -0.25) is 0 Å². The number of benzene rings is 1. The molecule has 108 valence electrons. The summed E-state index contributed by atoms with van der Waals surface area (Å²) in [5.41, 5.74) is 4.77. The van der Waals surface area contributed by atoms with E-state index in [1.807, 2.05) is 6.92 Å². The number of nitrogens with two attached hydrogens (primary N) is 1. The van der Waals surface area contributed by atoms with Gasteiger partial charge in [-0.05, 0) is 24.6 Å². The third-order valence-electron chi connectivity index (χ3n) is 3.02. The largest absolute Gasteiger partial charge is 0.419 e. The maximum Gasteiger partial charge on any atom is 0.419 e. The second-order valence-corrected chi connectivity index (χ2v) is 4.29. The van der Waals surface area contributed by atoms with Crippen LogP contribution in [-0.2, 0) is 12.7 Å². The van der Waals surface area contributed by atoms with Gasteiger partial charge in [0.1, 0.15) is 11.6 Å². The Morgan fingerprint density at radius 2 is 2.05 bits per heavy atom. The predicted molar refractivity (Wildman–Crippen MR) is 65.3 cm³/mol. The van der Waals surface area contributed by atoms with Crippen molar-refractivity contribution in [1.29, 1.82) is 0 Å². The van der Waals surface area contributed by atoms with Crippen molar-refractivity contribution in [2.45, 2.75) is 25.7 Å². The molecule has 1 heterocycles. The number of rotatable bonds is 3. The summed E-state index contributed by atoms with van der Waals surface area (Å²) >= 11 is 0. The number of hydrogen-bond donors (Lipinski definition) is 1. The van der Waals surface area contributed by atoms with Crippen LogP contribution in [0.4, 0.5) is 17.6 Å². The topological polar surface area (TPSA) is 43.8 Å². The Kier molecular flexibility index (Phi) is 3.80. The normalized spacial score (nSPS) is 13.5. The lowest BCUT2D eigenvalue weighted by Gasteiger charge is -2.16. The molecule has 0 radical (unpaired) electrons. The van der Waals surface area contributed by atoms with E-state index in [-0.39, 0.29) is 5.56 Å². The number of aryl methyl sites for hydroxylation is 1. The molecular weight excluding hydrogens is 274 g/mol. The molecular formula is C13H13F4N3. The van der Waals surface area contributed by atoms with Gasteiger partial charge in [-0.1, -0.05) is 6.07 Å². The van der Waals surface area contributed by atoms with E-state index < -0.39 is 23.6 Å². The van der Waals surface area contributed by atoms with Gasteiger partial charge in [0.05, 0.1) is 11.6 Å². The van der Waals surface area contributed by atoms with Crippen LogP contribution in [0.25, 0.3) is 0 Å². The average Bonchev–Trinajstić information content (AvgIpc) is 2.85. The van der Waals surface area contributed by atoms with E-state index in [0.29, 0.717) is 12.4 Å². The van der Waals surface area contributed by atoms with Gasteiger partial charge < -0.3 is 10.3 Å². The van der Waals surface area contributed by atoms with Gasteiger partial charge in [-0.25, -0.2) is 9.37 Å². The number of hydrogen-bond acceptors (Lipinski definition) is 2. The smallest absolute Gasteiger partial charge is 0.334 e. The number of halogens is 4. The Hall–Kier alpha value is -1.89. The molecule has 1 unspecified atom stereocenters. The zero-order valence-electron chi connectivity index (χ0n) is 10.7. The highest BCUT2D eigenvalue weighted by molar-refractivity contribution is 5.32. The summed E-state index contributed by atoms with van der Waals surface area (Å²) in [5.74, 6) is -0.875. The molecule has 2 N–H and O–H groups in total. The zero-order chi connectivity index (χ0) is 14.9. The maximum absolute atomic E-state index is 13.2. The summed E-state index contributed by atoms with van der Waals surface area (Å²) < 4.78 is 53.0. The highest BCUT2D eigenvalue weighted by Gasteiger charge is 2.34. The van der Waals surface area contributed by atoms with Crippen molar-refractivity contribution in [1.82, 2.24) is 9.55 Å². The minimum Gasteiger partial charge on any atom is -0.334 e. The molecule has 0 saturated heterocycles. The van der Waals surface area contributed by atoms with Crippen LogP contribution in [0.15, 0.2) is 30.6 Å². The van der Waals surface area contributed by atoms with Crippen LogP contribution in [0.1, 0.15) is 29.9 Å². The van der Waals surface area contributed by atoms with E-state index in [4.69, 9.17) is 5.73 Å². The van der Waals surface area contributed by atoms with Gasteiger partial charge in [0.25, 0.3) is 0 Å². The van der Waals surface area contributed by atoms with Gasteiger partial charge in [0, 0.05) is 18.9 Å². The first-order valence-electron chi connectivity index (χ1n) is 5.97. The van der Waals surface area contributed by atoms with E-state index in [2.05, 4.69) is 4.98 Å². The first-order chi connectivity index (χ1) is 9.34. The highest BCUT2D eigenvalue weighted by atomic mass is 19.4. The van der Waals surface area contributed by atoms with Crippen LogP contribution < -0.4 is 5.73 Å². The van der Waals surface area contributed by atoms with Crippen molar-refractivity contribution < 1.29 is 17.6 Å². The number of alkyl halides is 3. The average molecular weight is 287 g/mol. The molecule has 1 aromatic heterocycles. The summed E-state index contributed by atoms with van der Waals surface area (Å²) in [6.45, 7) is 2.46. The van der Waals surface area contributed by atoms with Gasteiger partial charge in [0.15, 0.2) is 0 Å². The predicted octanol–water partition coefficient (Wildman–Crippen LogP) is 3.11. The van der Waals surface area contributed by atoms with Crippen LogP contribution in [0.5, 0.6) is 0 Å². The monoisotopic (exact) mass is 287 g/mol. The second kappa shape index (κ2) is 5.24. The quantitative estimate of drug-likeness (QED) is 0.881. The summed E-state index contributed by atoms with van der Waals surface area (Å²) in [5, 5.41) is 0. The molecule has 1 aromatic carbocycles. The molecule has 2 rings (SSSR count). The van der Waals surface area contributed by atoms with Gasteiger partial charge in [0.2, 0.25) is 0 Å². The lowest BCUT2D eigenvalue weighted by molar-refractivity contribution is -0.140. The molecule has 0 aliphatic carbocycles. The molecule has 0 aliphatic heterocycles. The molecule has 7 heteroatoms. The molecule has 0 spiro atoms. The van der Waals surface area contributed by atoms with Crippen molar-refractivity contribution in [3.05, 3.63) is 53.4 Å². The third kappa shape index (κ3) is 2.67. The van der Waals surface area contributed by atoms with Gasteiger partial charge in [-0.15, -0.1) is 0 Å². The molecule has 3 nitrogen and oxygen atoms in total. The molecule has 20 heavy (non-hydrogen) atoms. The van der Waals surface area contributed by atoms with Crippen LogP contribution >= 0.6 is 0 Å². The van der Waals surface area contributed by atoms with Crippen molar-refractivity contribution in [2.24, 2.45) is 5.73 Å². The molecule has 0 amide bonds. The van der Waals surface area contributed by atoms with Gasteiger partial charge >= 0.3 is 6.18 Å². The van der Waals surface area contributed by atoms with Crippen molar-refractivity contribution in [2.75, 3.05) is 0 Å². The number of imidazole rings is 1. The highest BCUT2D eigenvalue weighted by Crippen LogP contribution is 2.33. The fraction of sp³-hybridized carbons (Fsp3) is 0.308. The maximum atomic E-state index is 13.2. The minimum absolute atomic E-state index is 0.166. The Morgan fingerprint density at radius 3 is 2.65 bits per heavy atom. The van der Waals surface area contributed by atoms with Crippen LogP contribution in [0.2, 0.25) is 0 Å². The van der Waals surface area contributed by atoms with E-state index in [1.165, 1.54) is 12.3 Å². The Morgan fingerprint density at radius 1 is 1.35 bits per heavy atom. The zero-order valence-corrected chi connectivity index (χ0v) is 10.7. The first-order valence-corrected chi connectivity index (χ1v) is 5.97. The lowest BCUT2D eigenvalue weighted by atomic mass is 10.0. The van der Waals surface area contributed by atoms with Crippen LogP contribution in [-0.4, -0.2) is 9.55 Å². The van der Waals surface area contributed by atoms with Crippen LogP contribution in [0.3, 0.4) is 0 Å². The summed E-state index contributed by atoms with van der Waals surface area (Å²) in [6.07, 6.45) is -1.55. The molecule has 1 atom stereocenters. The molecule has 0 bridgehead atoms. The summed E-state index contributed by atoms with van der Waals surface area (Å²) in [6, 6.07) is 1.90. The minimum atomic E-state index is -4.75. The Bertz CT molecular complexity index is 604. The summed E-state index contributed by atoms with van der Waals surface area (Å²) in [4.78, 5) is 4.04. The van der Waals surface area contributed by atoms with E-state index in [9.17, 15) is 17.6 Å². The van der Waals surface area contributed by atoms with E-state index in [0.717, 1.165) is 12.1 Å². The summed E-state index contributed by atoms with van der Waals surface area (Å²) in [7, 11) is 0. The first kappa shape index (κ1) is 14.5. The number of aromatic nitrogens is 2. The SMILES string of the molecule is CCn1ccnc1C(N)c1ccc(F)c(C(F)(F)F)c1. The Labute approximate surface area is 113 Å². The van der Waals surface area contributed by atoms with Crippen molar-refractivity contribution in [3.63, 3.8) is 0 Å². The van der Waals surface area contributed by atoms with Gasteiger partial charge in [-0.2, -0.15) is 13.2 Å². The van der Waals surface area contributed by atoms with Crippen LogP contribution in [0, 0.1) is 5.82 Å². The van der Waals surface area contributed by atoms with Crippen molar-refractivity contribution >= 4 is 0 Å². The third-order valence-corrected chi connectivity index (χ3v) is 3.02. The molecule has 0 aliphatic rings. The van der Waals surface area contributed by atoms with E-state index in [1.54, 1.807) is 10.8 Å². The fourth-order valence-electron chi connectivity index (χ4n) is 1.97. The standard InChI is InChI=1S/C13H13F4N3/c1-2-20-6-5-19-12(20)11(18)8-3-4-10(14)9(7-8)13(15,16)17/h3-7,11H,2,18H2,1H3. The Balaban J connectivity index is 2.43. The lowest BCUT2D eigenvalue weighted by Crippen LogP contribution is -2.19.